The number of esters is 1. The number of ketones is 1. The monoisotopic (exact) mass is 524 g/mol. The van der Waals surface area contributed by atoms with Gasteiger partial charge in [-0.2, -0.15) is 0 Å². The molecule has 4 rings (SSSR count). The zero-order chi connectivity index (χ0) is 24.4. The minimum Gasteiger partial charge on any atom is -0.496 e. The maximum absolute atomic E-state index is 13.1. The Balaban J connectivity index is 1.64. The van der Waals surface area contributed by atoms with Gasteiger partial charge in [-0.1, -0.05) is 15.9 Å². The molecule has 1 aliphatic rings. The normalized spacial score (nSPS) is 13.3. The third-order valence-corrected chi connectivity index (χ3v) is 5.79. The number of rotatable bonds is 6. The van der Waals surface area contributed by atoms with Gasteiger partial charge in [-0.15, -0.1) is 0 Å². The maximum Gasteiger partial charge on any atom is 0.343 e. The fraction of sp³-hybridized carbons (Fsp3) is 0.154. The Hall–Kier alpha value is -3.78. The second-order valence-corrected chi connectivity index (χ2v) is 8.31. The zero-order valence-corrected chi connectivity index (χ0v) is 20.5. The number of fused-ring (bicyclic) bond motifs is 1. The number of methoxy groups -OCH3 is 3. The van der Waals surface area contributed by atoms with Gasteiger partial charge in [0.05, 0.1) is 32.5 Å². The number of halogens is 1. The summed E-state index contributed by atoms with van der Waals surface area (Å²) in [5.74, 6) is 1.37. The summed E-state index contributed by atoms with van der Waals surface area (Å²) in [7, 11) is 4.57. The van der Waals surface area contributed by atoms with E-state index in [1.807, 2.05) is 0 Å². The minimum absolute atomic E-state index is 0.111. The summed E-state index contributed by atoms with van der Waals surface area (Å²) < 4.78 is 28.3. The average Bonchev–Trinajstić information content (AvgIpc) is 3.14. The molecule has 0 N–H and O–H groups in total. The van der Waals surface area contributed by atoms with Gasteiger partial charge >= 0.3 is 5.97 Å². The molecule has 0 atom stereocenters. The summed E-state index contributed by atoms with van der Waals surface area (Å²) in [6.07, 6.45) is 1.58. The van der Waals surface area contributed by atoms with E-state index in [1.165, 1.54) is 27.4 Å². The summed E-state index contributed by atoms with van der Waals surface area (Å²) in [6, 6.07) is 13.4. The number of aryl methyl sites for hydroxylation is 1. The van der Waals surface area contributed by atoms with Crippen molar-refractivity contribution in [2.24, 2.45) is 0 Å². The predicted octanol–water partition coefficient (Wildman–Crippen LogP) is 5.62. The molecule has 0 bridgehead atoms. The lowest BCUT2D eigenvalue weighted by Gasteiger charge is -2.12. The van der Waals surface area contributed by atoms with Crippen molar-refractivity contribution in [3.8, 4) is 28.7 Å². The second kappa shape index (κ2) is 9.61. The van der Waals surface area contributed by atoms with Gasteiger partial charge in [0, 0.05) is 22.2 Å². The first-order valence-electron chi connectivity index (χ1n) is 10.2. The molecular weight excluding hydrogens is 504 g/mol. The quantitative estimate of drug-likeness (QED) is 0.235. The number of carbonyl (C=O) groups excluding carboxylic acids is 2. The number of carbonyl (C=O) groups is 2. The van der Waals surface area contributed by atoms with Crippen LogP contribution in [0.15, 0.2) is 58.8 Å². The molecule has 0 fully saturated rings. The van der Waals surface area contributed by atoms with Crippen LogP contribution in [0.1, 0.15) is 31.8 Å². The Bertz CT molecular complexity index is 1310. The van der Waals surface area contributed by atoms with E-state index in [9.17, 15) is 9.59 Å². The standard InChI is InChI=1S/C26H21BrO7/c1-14-9-18(33-26(29)15-5-7-17(27)8-6-15)12-22-24(14)25(28)23(34-22)11-16-10-20(31-3)21(32-4)13-19(16)30-2/h5-13H,1-4H3/b23-11-. The molecule has 1 aliphatic heterocycles. The lowest BCUT2D eigenvalue weighted by molar-refractivity contribution is 0.0734. The van der Waals surface area contributed by atoms with Gasteiger partial charge in [0.15, 0.2) is 17.3 Å². The fourth-order valence-electron chi connectivity index (χ4n) is 3.60. The van der Waals surface area contributed by atoms with Gasteiger partial charge in [-0.05, 0) is 55.0 Å². The lowest BCUT2D eigenvalue weighted by Crippen LogP contribution is -2.08. The SMILES string of the molecule is COc1cc(OC)c(OC)cc1/C=C1\Oc2cc(OC(=O)c3ccc(Br)cc3)cc(C)c2C1=O. The van der Waals surface area contributed by atoms with Crippen LogP contribution in [-0.2, 0) is 0 Å². The van der Waals surface area contributed by atoms with Crippen LogP contribution in [0.4, 0.5) is 0 Å². The van der Waals surface area contributed by atoms with E-state index in [-0.39, 0.29) is 17.3 Å². The van der Waals surface area contributed by atoms with Crippen molar-refractivity contribution >= 4 is 33.8 Å². The first-order valence-corrected chi connectivity index (χ1v) is 11.0. The highest BCUT2D eigenvalue weighted by atomic mass is 79.9. The topological polar surface area (TPSA) is 80.3 Å². The van der Waals surface area contributed by atoms with Crippen molar-refractivity contribution in [2.45, 2.75) is 6.92 Å². The van der Waals surface area contributed by atoms with Crippen LogP contribution in [0, 0.1) is 6.92 Å². The van der Waals surface area contributed by atoms with Crippen LogP contribution in [0.5, 0.6) is 28.7 Å². The van der Waals surface area contributed by atoms with Gasteiger partial charge in [0.2, 0.25) is 5.78 Å². The zero-order valence-electron chi connectivity index (χ0n) is 18.9. The average molecular weight is 525 g/mol. The molecule has 0 aromatic heterocycles. The van der Waals surface area contributed by atoms with Gasteiger partial charge in [0.1, 0.15) is 17.2 Å². The van der Waals surface area contributed by atoms with Gasteiger partial charge in [-0.3, -0.25) is 4.79 Å². The molecule has 3 aromatic carbocycles. The highest BCUT2D eigenvalue weighted by Gasteiger charge is 2.31. The van der Waals surface area contributed by atoms with Crippen molar-refractivity contribution in [1.82, 2.24) is 0 Å². The number of allylic oxidation sites excluding steroid dienone is 1. The van der Waals surface area contributed by atoms with Crippen LogP contribution >= 0.6 is 15.9 Å². The second-order valence-electron chi connectivity index (χ2n) is 7.40. The molecular formula is C26H21BrO7. The summed E-state index contributed by atoms with van der Waals surface area (Å²) in [5, 5.41) is 0. The van der Waals surface area contributed by atoms with E-state index in [0.717, 1.165) is 4.47 Å². The first kappa shape index (κ1) is 23.4. The number of hydrogen-bond donors (Lipinski definition) is 0. The predicted molar refractivity (Wildman–Crippen MR) is 129 cm³/mol. The smallest absolute Gasteiger partial charge is 0.343 e. The van der Waals surface area contributed by atoms with Crippen LogP contribution in [-0.4, -0.2) is 33.1 Å². The molecule has 1 heterocycles. The first-order chi connectivity index (χ1) is 16.3. The molecule has 0 spiro atoms. The minimum atomic E-state index is -0.512. The Kier molecular flexibility index (Phi) is 6.61. The van der Waals surface area contributed by atoms with Crippen LogP contribution in [0.2, 0.25) is 0 Å². The molecule has 0 saturated heterocycles. The van der Waals surface area contributed by atoms with Crippen molar-refractivity contribution in [1.29, 1.82) is 0 Å². The van der Waals surface area contributed by atoms with Gasteiger partial charge in [-0.25, -0.2) is 4.79 Å². The van der Waals surface area contributed by atoms with Gasteiger partial charge in [0.25, 0.3) is 0 Å². The molecule has 8 heteroatoms. The number of hydrogen-bond acceptors (Lipinski definition) is 7. The third kappa shape index (κ3) is 4.49. The number of ether oxygens (including phenoxy) is 5. The summed E-state index contributed by atoms with van der Waals surface area (Å²) in [5.41, 5.74) is 2.02. The van der Waals surface area contributed by atoms with E-state index < -0.39 is 5.97 Å². The molecule has 174 valence electrons. The highest BCUT2D eigenvalue weighted by Crippen LogP contribution is 2.40. The van der Waals surface area contributed by atoms with E-state index in [2.05, 4.69) is 15.9 Å². The molecule has 0 aliphatic carbocycles. The van der Waals surface area contributed by atoms with Crippen molar-refractivity contribution < 1.29 is 33.3 Å². The van der Waals surface area contributed by atoms with E-state index in [4.69, 9.17) is 23.7 Å². The molecule has 3 aromatic rings. The van der Waals surface area contributed by atoms with E-state index >= 15 is 0 Å². The maximum atomic E-state index is 13.1. The van der Waals surface area contributed by atoms with Crippen LogP contribution in [0.25, 0.3) is 6.08 Å². The third-order valence-electron chi connectivity index (χ3n) is 5.26. The van der Waals surface area contributed by atoms with Crippen molar-refractivity contribution in [3.05, 3.63) is 81.0 Å². The molecule has 0 unspecified atom stereocenters. The molecule has 0 amide bonds. The molecule has 7 nitrogen and oxygen atoms in total. The summed E-state index contributed by atoms with van der Waals surface area (Å²) >= 11 is 3.34. The molecule has 0 radical (unpaired) electrons. The number of benzene rings is 3. The van der Waals surface area contributed by atoms with Crippen LogP contribution < -0.4 is 23.7 Å². The fourth-order valence-corrected chi connectivity index (χ4v) is 3.86. The largest absolute Gasteiger partial charge is 0.496 e. The highest BCUT2D eigenvalue weighted by molar-refractivity contribution is 9.10. The van der Waals surface area contributed by atoms with Gasteiger partial charge < -0.3 is 23.7 Å². The Labute approximate surface area is 205 Å². The Morgan fingerprint density at radius 2 is 1.56 bits per heavy atom. The number of Topliss-reactive ketones (excluding diaryl/α,β-unsaturated/α-hetero) is 1. The van der Waals surface area contributed by atoms with E-state index in [0.29, 0.717) is 45.3 Å². The lowest BCUT2D eigenvalue weighted by atomic mass is 10.0. The Morgan fingerprint density at radius 1 is 0.912 bits per heavy atom. The molecule has 0 saturated carbocycles. The van der Waals surface area contributed by atoms with Crippen molar-refractivity contribution in [2.75, 3.05) is 21.3 Å². The Morgan fingerprint density at radius 3 is 2.21 bits per heavy atom. The summed E-state index contributed by atoms with van der Waals surface area (Å²) in [4.78, 5) is 25.6. The van der Waals surface area contributed by atoms with E-state index in [1.54, 1.807) is 55.5 Å². The van der Waals surface area contributed by atoms with Crippen molar-refractivity contribution in [3.63, 3.8) is 0 Å². The molecule has 34 heavy (non-hydrogen) atoms. The summed E-state index contributed by atoms with van der Waals surface area (Å²) in [6.45, 7) is 1.76. The van der Waals surface area contributed by atoms with Crippen LogP contribution in [0.3, 0.4) is 0 Å².